The first-order valence-corrected chi connectivity index (χ1v) is 8.24. The van der Waals surface area contributed by atoms with Crippen LogP contribution in [0.4, 0.5) is 5.82 Å². The Bertz CT molecular complexity index is 485. The van der Waals surface area contributed by atoms with Gasteiger partial charge < -0.3 is 10.4 Å². The van der Waals surface area contributed by atoms with Crippen molar-refractivity contribution in [3.63, 3.8) is 0 Å². The summed E-state index contributed by atoms with van der Waals surface area (Å²) in [6.45, 7) is 7.02. The zero-order chi connectivity index (χ0) is 15.5. The van der Waals surface area contributed by atoms with E-state index in [9.17, 15) is 5.11 Å². The fraction of sp³-hybridized carbons (Fsp3) is 0.750. The zero-order valence-corrected chi connectivity index (χ0v) is 14.0. The minimum Gasteiger partial charge on any atom is -0.396 e. The molecule has 1 aromatic rings. The van der Waals surface area contributed by atoms with Gasteiger partial charge in [-0.05, 0) is 19.8 Å². The number of rotatable bonds is 5. The van der Waals surface area contributed by atoms with E-state index in [0.29, 0.717) is 5.15 Å². The monoisotopic (exact) mass is 311 g/mol. The predicted molar refractivity (Wildman–Crippen MR) is 87.0 cm³/mol. The van der Waals surface area contributed by atoms with Crippen molar-refractivity contribution in [1.82, 2.24) is 9.97 Å². The van der Waals surface area contributed by atoms with Gasteiger partial charge in [0.1, 0.15) is 16.8 Å². The maximum atomic E-state index is 9.79. The number of anilines is 1. The molecule has 1 aromatic heterocycles. The van der Waals surface area contributed by atoms with Gasteiger partial charge in [0.2, 0.25) is 0 Å². The average molecular weight is 312 g/mol. The second-order valence-electron chi connectivity index (χ2n) is 6.57. The number of aliphatic hydroxyl groups excluding tert-OH is 1. The lowest BCUT2D eigenvalue weighted by Crippen LogP contribution is -2.36. The molecule has 1 aliphatic carbocycles. The van der Waals surface area contributed by atoms with E-state index in [1.54, 1.807) is 0 Å². The Morgan fingerprint density at radius 3 is 2.48 bits per heavy atom. The average Bonchev–Trinajstić information content (AvgIpc) is 2.49. The lowest BCUT2D eigenvalue weighted by atomic mass is 9.74. The Balaban J connectivity index is 2.15. The van der Waals surface area contributed by atoms with Gasteiger partial charge in [-0.3, -0.25) is 0 Å². The maximum Gasteiger partial charge on any atom is 0.137 e. The van der Waals surface area contributed by atoms with Crippen LogP contribution in [-0.2, 0) is 0 Å². The Labute approximate surface area is 132 Å². The molecule has 0 bridgehead atoms. The molecular formula is C16H26ClN3O. The van der Waals surface area contributed by atoms with Gasteiger partial charge in [0, 0.05) is 23.4 Å². The lowest BCUT2D eigenvalue weighted by molar-refractivity contribution is 0.0943. The third kappa shape index (κ3) is 3.86. The number of nitrogens with zero attached hydrogens (tertiary/aromatic N) is 2. The summed E-state index contributed by atoms with van der Waals surface area (Å²) in [4.78, 5) is 8.92. The first-order valence-electron chi connectivity index (χ1n) is 7.86. The topological polar surface area (TPSA) is 58.0 Å². The molecule has 0 spiro atoms. The van der Waals surface area contributed by atoms with E-state index in [2.05, 4.69) is 29.1 Å². The van der Waals surface area contributed by atoms with Crippen LogP contribution in [0.15, 0.2) is 0 Å². The molecule has 0 unspecified atom stereocenters. The van der Waals surface area contributed by atoms with Crippen molar-refractivity contribution in [2.24, 2.45) is 5.41 Å². The molecule has 0 aromatic carbocycles. The van der Waals surface area contributed by atoms with Crippen molar-refractivity contribution in [2.45, 2.75) is 58.8 Å². The van der Waals surface area contributed by atoms with Gasteiger partial charge >= 0.3 is 0 Å². The molecule has 21 heavy (non-hydrogen) atoms. The van der Waals surface area contributed by atoms with Crippen molar-refractivity contribution in [2.75, 3.05) is 18.5 Å². The second-order valence-corrected chi connectivity index (χ2v) is 6.93. The molecule has 1 saturated carbocycles. The van der Waals surface area contributed by atoms with Gasteiger partial charge in [0.15, 0.2) is 0 Å². The van der Waals surface area contributed by atoms with Gasteiger partial charge in [-0.1, -0.05) is 44.7 Å². The molecule has 0 amide bonds. The van der Waals surface area contributed by atoms with E-state index in [4.69, 9.17) is 11.6 Å². The third-order valence-corrected chi connectivity index (χ3v) is 4.87. The number of nitrogens with one attached hydrogen (secondary N) is 1. The first kappa shape index (κ1) is 16.5. The van der Waals surface area contributed by atoms with Crippen molar-refractivity contribution < 1.29 is 5.11 Å². The third-order valence-electron chi connectivity index (χ3n) is 4.50. The van der Waals surface area contributed by atoms with Crippen LogP contribution < -0.4 is 5.32 Å². The Hall–Kier alpha value is -0.870. The molecule has 1 fully saturated rings. The summed E-state index contributed by atoms with van der Waals surface area (Å²) < 4.78 is 0. The summed E-state index contributed by atoms with van der Waals surface area (Å²) in [6, 6.07) is 0. The van der Waals surface area contributed by atoms with Crippen LogP contribution in [0.1, 0.15) is 63.3 Å². The fourth-order valence-electron chi connectivity index (χ4n) is 2.90. The van der Waals surface area contributed by atoms with Gasteiger partial charge in [-0.2, -0.15) is 0 Å². The summed E-state index contributed by atoms with van der Waals surface area (Å²) in [7, 11) is 0. The molecule has 1 heterocycles. The highest BCUT2D eigenvalue weighted by Crippen LogP contribution is 2.36. The highest BCUT2D eigenvalue weighted by Gasteiger charge is 2.31. The Kier molecular flexibility index (Phi) is 5.44. The molecule has 0 aliphatic heterocycles. The van der Waals surface area contributed by atoms with E-state index in [0.717, 1.165) is 36.6 Å². The van der Waals surface area contributed by atoms with Crippen LogP contribution in [0.3, 0.4) is 0 Å². The number of aromatic nitrogens is 2. The summed E-state index contributed by atoms with van der Waals surface area (Å²) in [5.41, 5.74) is 0.866. The standard InChI is InChI=1S/C16H26ClN3O/c1-11(2)14-19-13(17)12(3)15(20-14)18-9-16(10-21)7-5-4-6-8-16/h11,21H,4-10H2,1-3H3,(H,18,19,20). The van der Waals surface area contributed by atoms with Gasteiger partial charge in [-0.15, -0.1) is 0 Å². The molecule has 2 N–H and O–H groups in total. The van der Waals surface area contributed by atoms with Gasteiger partial charge in [0.25, 0.3) is 0 Å². The molecule has 4 nitrogen and oxygen atoms in total. The zero-order valence-electron chi connectivity index (χ0n) is 13.2. The number of hydrogen-bond acceptors (Lipinski definition) is 4. The van der Waals surface area contributed by atoms with E-state index < -0.39 is 0 Å². The lowest BCUT2D eigenvalue weighted by Gasteiger charge is -2.36. The summed E-state index contributed by atoms with van der Waals surface area (Å²) in [5, 5.41) is 13.7. The van der Waals surface area contributed by atoms with Gasteiger partial charge in [0.05, 0.1) is 6.61 Å². The minimum absolute atomic E-state index is 0.0138. The van der Waals surface area contributed by atoms with Crippen LogP contribution in [0.25, 0.3) is 0 Å². The number of hydrogen-bond donors (Lipinski definition) is 2. The van der Waals surface area contributed by atoms with Crippen LogP contribution in [0.5, 0.6) is 0 Å². The SMILES string of the molecule is Cc1c(Cl)nc(C(C)C)nc1NCC1(CO)CCCCC1. The van der Waals surface area contributed by atoms with Crippen LogP contribution in [0, 0.1) is 12.3 Å². The van der Waals surface area contributed by atoms with Crippen molar-refractivity contribution >= 4 is 17.4 Å². The summed E-state index contributed by atoms with van der Waals surface area (Å²) in [5.74, 6) is 1.80. The van der Waals surface area contributed by atoms with E-state index in [1.165, 1.54) is 19.3 Å². The van der Waals surface area contributed by atoms with E-state index >= 15 is 0 Å². The first-order chi connectivity index (χ1) is 9.97. The van der Waals surface area contributed by atoms with E-state index in [-0.39, 0.29) is 17.9 Å². The Morgan fingerprint density at radius 2 is 1.90 bits per heavy atom. The van der Waals surface area contributed by atoms with Crippen LogP contribution >= 0.6 is 11.6 Å². The number of halogens is 1. The van der Waals surface area contributed by atoms with E-state index in [1.807, 2.05) is 6.92 Å². The molecule has 118 valence electrons. The number of aliphatic hydroxyl groups is 1. The molecule has 0 atom stereocenters. The molecule has 0 saturated heterocycles. The molecule has 5 heteroatoms. The fourth-order valence-corrected chi connectivity index (χ4v) is 3.08. The largest absolute Gasteiger partial charge is 0.396 e. The Morgan fingerprint density at radius 1 is 1.24 bits per heavy atom. The molecule has 2 rings (SSSR count). The van der Waals surface area contributed by atoms with Crippen LogP contribution in [0.2, 0.25) is 5.15 Å². The van der Waals surface area contributed by atoms with Gasteiger partial charge in [-0.25, -0.2) is 9.97 Å². The molecular weight excluding hydrogens is 286 g/mol. The quantitative estimate of drug-likeness (QED) is 0.809. The smallest absolute Gasteiger partial charge is 0.137 e. The van der Waals surface area contributed by atoms with Crippen molar-refractivity contribution in [3.8, 4) is 0 Å². The highest BCUT2D eigenvalue weighted by molar-refractivity contribution is 6.30. The normalized spacial score (nSPS) is 18.0. The summed E-state index contributed by atoms with van der Waals surface area (Å²) in [6.07, 6.45) is 5.82. The molecule has 0 radical (unpaired) electrons. The predicted octanol–water partition coefficient (Wildman–Crippen LogP) is 3.92. The minimum atomic E-state index is -0.0138. The molecule has 1 aliphatic rings. The summed E-state index contributed by atoms with van der Waals surface area (Å²) >= 11 is 6.21. The highest BCUT2D eigenvalue weighted by atomic mass is 35.5. The second kappa shape index (κ2) is 6.93. The maximum absolute atomic E-state index is 9.79. The van der Waals surface area contributed by atoms with Crippen LogP contribution in [-0.4, -0.2) is 28.2 Å². The van der Waals surface area contributed by atoms with Crippen molar-refractivity contribution in [1.29, 1.82) is 0 Å². The van der Waals surface area contributed by atoms with Crippen molar-refractivity contribution in [3.05, 3.63) is 16.5 Å².